The summed E-state index contributed by atoms with van der Waals surface area (Å²) in [5.74, 6) is 0. The van der Waals surface area contributed by atoms with Gasteiger partial charge in [0.2, 0.25) is 0 Å². The smallest absolute Gasteiger partial charge is 0.346 e. The van der Waals surface area contributed by atoms with E-state index in [-0.39, 0.29) is 18.9 Å². The molecule has 0 aliphatic rings. The standard InChI is InChI=1S/C21H19O2.Li/c1-4-10-18(11-5-1)16-22-21(20-14-8-3-9-15-20)23-17-19-12-6-2-7-13-19;/h1-14,21H,16-17H2;/q-1;+1. The zero-order valence-electron chi connectivity index (χ0n) is 13.9. The van der Waals surface area contributed by atoms with Crippen LogP contribution in [-0.4, -0.2) is 0 Å². The van der Waals surface area contributed by atoms with Gasteiger partial charge in [-0.15, -0.1) is 5.56 Å². The summed E-state index contributed by atoms with van der Waals surface area (Å²) in [5, 5.41) is 0. The molecule has 3 aromatic carbocycles. The Morgan fingerprint density at radius 3 is 1.62 bits per heavy atom. The first-order chi connectivity index (χ1) is 11.4. The van der Waals surface area contributed by atoms with Gasteiger partial charge in [-0.1, -0.05) is 60.7 Å². The van der Waals surface area contributed by atoms with E-state index in [1.54, 1.807) is 0 Å². The molecule has 116 valence electrons. The molecule has 0 heterocycles. The largest absolute Gasteiger partial charge is 1.00 e. The van der Waals surface area contributed by atoms with Crippen LogP contribution in [0.2, 0.25) is 0 Å². The molecule has 0 aromatic heterocycles. The summed E-state index contributed by atoms with van der Waals surface area (Å²) >= 11 is 0. The van der Waals surface area contributed by atoms with Crippen molar-refractivity contribution in [1.29, 1.82) is 0 Å². The molecule has 0 N–H and O–H groups in total. The maximum absolute atomic E-state index is 5.98. The maximum Gasteiger partial charge on any atom is 1.00 e. The SMILES string of the molecule is [Li+].[c-]1ccccc1C(OCc1ccccc1)OCc1ccccc1. The zero-order chi connectivity index (χ0) is 15.7. The number of rotatable bonds is 7. The second-order valence-electron chi connectivity index (χ2n) is 5.24. The maximum atomic E-state index is 5.98. The third-order valence-electron chi connectivity index (χ3n) is 3.48. The molecule has 3 rings (SSSR count). The fourth-order valence-corrected chi connectivity index (χ4v) is 2.27. The minimum Gasteiger partial charge on any atom is -0.346 e. The van der Waals surface area contributed by atoms with E-state index in [0.717, 1.165) is 16.7 Å². The first-order valence-electron chi connectivity index (χ1n) is 7.69. The number of benzene rings is 3. The van der Waals surface area contributed by atoms with Crippen LogP contribution in [0.3, 0.4) is 0 Å². The predicted octanol–water partition coefficient (Wildman–Crippen LogP) is 1.92. The van der Waals surface area contributed by atoms with Crippen LogP contribution < -0.4 is 18.9 Å². The molecule has 0 radical (unpaired) electrons. The van der Waals surface area contributed by atoms with E-state index in [1.807, 2.05) is 84.9 Å². The van der Waals surface area contributed by atoms with Crippen molar-refractivity contribution in [2.45, 2.75) is 19.5 Å². The van der Waals surface area contributed by atoms with Gasteiger partial charge in [0.1, 0.15) is 0 Å². The molecule has 3 aromatic rings. The second kappa shape index (κ2) is 10.1. The van der Waals surface area contributed by atoms with Crippen molar-refractivity contribution >= 4 is 0 Å². The average Bonchev–Trinajstić information content (AvgIpc) is 2.64. The van der Waals surface area contributed by atoms with Crippen LogP contribution in [0.5, 0.6) is 0 Å². The van der Waals surface area contributed by atoms with E-state index in [1.165, 1.54) is 0 Å². The summed E-state index contributed by atoms with van der Waals surface area (Å²) in [4.78, 5) is 0. The summed E-state index contributed by atoms with van der Waals surface area (Å²) in [6, 6.07) is 31.1. The minimum absolute atomic E-state index is 0. The molecule has 0 aliphatic heterocycles. The first kappa shape index (κ1) is 18.5. The van der Waals surface area contributed by atoms with Crippen LogP contribution in [0.15, 0.2) is 84.9 Å². The number of hydrogen-bond acceptors (Lipinski definition) is 2. The molecule has 0 bridgehead atoms. The van der Waals surface area contributed by atoms with Crippen LogP contribution in [0.1, 0.15) is 23.0 Å². The molecule has 0 amide bonds. The summed E-state index contributed by atoms with van der Waals surface area (Å²) in [6.45, 7) is 1.01. The van der Waals surface area contributed by atoms with Crippen LogP contribution in [0, 0.1) is 6.07 Å². The molecule has 2 nitrogen and oxygen atoms in total. The predicted molar refractivity (Wildman–Crippen MR) is 90.5 cm³/mol. The molecule has 0 atom stereocenters. The van der Waals surface area contributed by atoms with Crippen molar-refractivity contribution in [3.05, 3.63) is 108 Å². The molecular weight excluding hydrogens is 291 g/mol. The third kappa shape index (κ3) is 5.67. The summed E-state index contributed by atoms with van der Waals surface area (Å²) in [6.07, 6.45) is -0.434. The van der Waals surface area contributed by atoms with E-state index in [9.17, 15) is 0 Å². The van der Waals surface area contributed by atoms with Crippen molar-refractivity contribution in [2.24, 2.45) is 0 Å². The van der Waals surface area contributed by atoms with Crippen LogP contribution >= 0.6 is 0 Å². The van der Waals surface area contributed by atoms with E-state index >= 15 is 0 Å². The Balaban J connectivity index is 0.00000208. The Hall–Kier alpha value is -1.82. The van der Waals surface area contributed by atoms with Gasteiger partial charge in [-0.05, 0) is 11.1 Å². The van der Waals surface area contributed by atoms with Crippen molar-refractivity contribution in [3.8, 4) is 0 Å². The molecule has 0 spiro atoms. The van der Waals surface area contributed by atoms with Crippen molar-refractivity contribution in [2.75, 3.05) is 0 Å². The fourth-order valence-electron chi connectivity index (χ4n) is 2.27. The van der Waals surface area contributed by atoms with Gasteiger partial charge in [-0.3, -0.25) is 0 Å². The molecule has 0 aliphatic carbocycles. The quantitative estimate of drug-likeness (QED) is 0.377. The van der Waals surface area contributed by atoms with Gasteiger partial charge in [0.25, 0.3) is 0 Å². The van der Waals surface area contributed by atoms with Crippen LogP contribution in [0.4, 0.5) is 0 Å². The van der Waals surface area contributed by atoms with Crippen LogP contribution in [-0.2, 0) is 22.7 Å². The molecule has 0 saturated heterocycles. The summed E-state index contributed by atoms with van der Waals surface area (Å²) in [7, 11) is 0. The van der Waals surface area contributed by atoms with Gasteiger partial charge in [-0.2, -0.15) is 30.3 Å². The Labute approximate surface area is 155 Å². The van der Waals surface area contributed by atoms with Gasteiger partial charge in [-0.25, -0.2) is 0 Å². The molecule has 24 heavy (non-hydrogen) atoms. The van der Waals surface area contributed by atoms with Crippen molar-refractivity contribution in [1.82, 2.24) is 0 Å². The van der Waals surface area contributed by atoms with Crippen LogP contribution in [0.25, 0.3) is 0 Å². The van der Waals surface area contributed by atoms with Crippen molar-refractivity contribution < 1.29 is 28.3 Å². The summed E-state index contributed by atoms with van der Waals surface area (Å²) < 4.78 is 12.0. The summed E-state index contributed by atoms with van der Waals surface area (Å²) in [5.41, 5.74) is 3.15. The topological polar surface area (TPSA) is 18.5 Å². The molecular formula is C21H19LiO2. The van der Waals surface area contributed by atoms with Gasteiger partial charge >= 0.3 is 18.9 Å². The average molecular weight is 310 g/mol. The van der Waals surface area contributed by atoms with Gasteiger partial charge in [0.15, 0.2) is 6.29 Å². The number of hydrogen-bond donors (Lipinski definition) is 0. The fraction of sp³-hybridized carbons (Fsp3) is 0.143. The van der Waals surface area contributed by atoms with Gasteiger partial charge in [0, 0.05) is 0 Å². The normalized spacial score (nSPS) is 10.4. The molecule has 0 unspecified atom stereocenters. The molecule has 3 heteroatoms. The second-order valence-corrected chi connectivity index (χ2v) is 5.24. The Kier molecular flexibility index (Phi) is 7.81. The third-order valence-corrected chi connectivity index (χ3v) is 3.48. The van der Waals surface area contributed by atoms with Gasteiger partial charge in [0.05, 0.1) is 13.2 Å². The Morgan fingerprint density at radius 1 is 0.667 bits per heavy atom. The van der Waals surface area contributed by atoms with Crippen molar-refractivity contribution in [3.63, 3.8) is 0 Å². The van der Waals surface area contributed by atoms with Gasteiger partial charge < -0.3 is 9.47 Å². The Morgan fingerprint density at radius 2 is 1.17 bits per heavy atom. The van der Waals surface area contributed by atoms with E-state index < -0.39 is 6.29 Å². The minimum atomic E-state index is -0.434. The first-order valence-corrected chi connectivity index (χ1v) is 7.69. The molecule has 0 saturated carbocycles. The van der Waals surface area contributed by atoms with E-state index in [2.05, 4.69) is 6.07 Å². The zero-order valence-corrected chi connectivity index (χ0v) is 13.9. The monoisotopic (exact) mass is 310 g/mol. The molecule has 0 fully saturated rings. The van der Waals surface area contributed by atoms with E-state index in [0.29, 0.717) is 13.2 Å². The Bertz CT molecular complexity index is 643. The number of ether oxygens (including phenoxy) is 2. The van der Waals surface area contributed by atoms with E-state index in [4.69, 9.17) is 9.47 Å².